The quantitative estimate of drug-likeness (QED) is 0.565. The smallest absolute Gasteiger partial charge is 0.317 e. The first kappa shape index (κ1) is 24.7. The number of aliphatic imine (C=N–C) groups is 1. The number of hydrogen-bond acceptors (Lipinski definition) is 7. The molecule has 3 rings (SSSR count). The van der Waals surface area contributed by atoms with Gasteiger partial charge in [0.2, 0.25) is 5.95 Å². The fourth-order valence-electron chi connectivity index (χ4n) is 3.89. The Balaban J connectivity index is 1.69. The number of nitrogens with two attached hydrogens (primary N) is 1. The van der Waals surface area contributed by atoms with Gasteiger partial charge >= 0.3 is 6.03 Å². The van der Waals surface area contributed by atoms with E-state index in [0.29, 0.717) is 28.8 Å². The van der Waals surface area contributed by atoms with Gasteiger partial charge in [-0.1, -0.05) is 32.9 Å². The highest BCUT2D eigenvalue weighted by Gasteiger charge is 2.33. The molecule has 0 spiro atoms. The van der Waals surface area contributed by atoms with Crippen LogP contribution in [0.2, 0.25) is 0 Å². The molecule has 2 aromatic rings. The average Bonchev–Trinajstić information content (AvgIpc) is 3.33. The molecule has 4 N–H and O–H groups in total. The standard InChI is InChI=1S/C25H32N8O/c1-25(2,3)20-8-10-33(16-20)24(34)30-14-18-6-5-17(11-19(18)12-26)22-7-9-29-23(32-22)31-21(13-27)15-28-4/h5-7,9,11,13,15,20H,8,10,14,16,27H2,1-4H3,(H,30,34)(H,29,31,32). The zero-order chi connectivity index (χ0) is 24.7. The third kappa shape index (κ3) is 6.10. The number of nitrogens with zero attached hydrogens (tertiary/aromatic N) is 5. The largest absolute Gasteiger partial charge is 0.403 e. The molecule has 0 aliphatic carbocycles. The molecule has 178 valence electrons. The van der Waals surface area contributed by atoms with Crippen LogP contribution < -0.4 is 16.4 Å². The molecule has 1 atom stereocenters. The Morgan fingerprint density at radius 1 is 1.38 bits per heavy atom. The monoisotopic (exact) mass is 460 g/mol. The summed E-state index contributed by atoms with van der Waals surface area (Å²) in [5.74, 6) is 0.855. The van der Waals surface area contributed by atoms with Gasteiger partial charge in [0, 0.05) is 50.9 Å². The lowest BCUT2D eigenvalue weighted by atomic mass is 9.80. The van der Waals surface area contributed by atoms with Crippen molar-refractivity contribution in [3.05, 3.63) is 53.5 Å². The highest BCUT2D eigenvalue weighted by Crippen LogP contribution is 2.33. The van der Waals surface area contributed by atoms with Crippen LogP contribution in [-0.2, 0) is 6.54 Å². The normalized spacial score (nSPS) is 16.5. The van der Waals surface area contributed by atoms with Crippen molar-refractivity contribution in [3.63, 3.8) is 0 Å². The lowest BCUT2D eigenvalue weighted by Crippen LogP contribution is -2.39. The number of carbonyl (C=O) groups excluding carboxylic acids is 1. The molecule has 0 bridgehead atoms. The lowest BCUT2D eigenvalue weighted by Gasteiger charge is -2.27. The molecular formula is C25H32N8O. The minimum absolute atomic E-state index is 0.0920. The summed E-state index contributed by atoms with van der Waals surface area (Å²) in [6.45, 7) is 8.44. The van der Waals surface area contributed by atoms with Crippen LogP contribution in [0.25, 0.3) is 11.3 Å². The molecule has 1 aliphatic heterocycles. The van der Waals surface area contributed by atoms with Crippen molar-refractivity contribution in [1.82, 2.24) is 20.2 Å². The second-order valence-electron chi connectivity index (χ2n) is 9.34. The predicted octanol–water partition coefficient (Wildman–Crippen LogP) is 3.51. The van der Waals surface area contributed by atoms with Gasteiger partial charge in [-0.25, -0.2) is 14.8 Å². The van der Waals surface area contributed by atoms with E-state index in [1.807, 2.05) is 17.0 Å². The van der Waals surface area contributed by atoms with Crippen LogP contribution in [0, 0.1) is 22.7 Å². The summed E-state index contributed by atoms with van der Waals surface area (Å²) in [6.07, 6.45) is 5.59. The van der Waals surface area contributed by atoms with E-state index in [1.54, 1.807) is 31.6 Å². The van der Waals surface area contributed by atoms with Gasteiger partial charge in [-0.15, -0.1) is 0 Å². The number of nitriles is 1. The molecule has 0 saturated carbocycles. The molecule has 34 heavy (non-hydrogen) atoms. The molecule has 1 fully saturated rings. The fraction of sp³-hybridized carbons (Fsp3) is 0.400. The Morgan fingerprint density at radius 2 is 2.18 bits per heavy atom. The first-order chi connectivity index (χ1) is 16.2. The second-order valence-corrected chi connectivity index (χ2v) is 9.34. The summed E-state index contributed by atoms with van der Waals surface area (Å²) >= 11 is 0. The number of anilines is 1. The van der Waals surface area contributed by atoms with Crippen molar-refractivity contribution < 1.29 is 4.79 Å². The third-order valence-electron chi connectivity index (χ3n) is 6.02. The Labute approximate surface area is 200 Å². The molecule has 1 aromatic heterocycles. The highest BCUT2D eigenvalue weighted by atomic mass is 16.2. The van der Waals surface area contributed by atoms with E-state index in [1.165, 1.54) is 6.20 Å². The Bertz CT molecular complexity index is 1130. The van der Waals surface area contributed by atoms with Gasteiger partial charge in [-0.05, 0) is 35.4 Å². The van der Waals surface area contributed by atoms with Gasteiger partial charge in [0.15, 0.2) is 0 Å². The van der Waals surface area contributed by atoms with E-state index in [0.717, 1.165) is 30.6 Å². The molecule has 1 unspecified atom stereocenters. The van der Waals surface area contributed by atoms with Crippen molar-refractivity contribution in [3.8, 4) is 17.3 Å². The van der Waals surface area contributed by atoms with Crippen molar-refractivity contribution in [2.45, 2.75) is 33.7 Å². The van der Waals surface area contributed by atoms with Crippen molar-refractivity contribution in [1.29, 1.82) is 5.26 Å². The Kier molecular flexibility index (Phi) is 7.84. The van der Waals surface area contributed by atoms with Gasteiger partial charge in [-0.2, -0.15) is 5.26 Å². The van der Waals surface area contributed by atoms with Crippen LogP contribution >= 0.6 is 0 Å². The summed E-state index contributed by atoms with van der Waals surface area (Å²) in [4.78, 5) is 27.2. The molecular weight excluding hydrogens is 428 g/mol. The minimum Gasteiger partial charge on any atom is -0.403 e. The van der Waals surface area contributed by atoms with E-state index in [4.69, 9.17) is 5.73 Å². The second kappa shape index (κ2) is 10.8. The third-order valence-corrected chi connectivity index (χ3v) is 6.02. The summed E-state index contributed by atoms with van der Waals surface area (Å²) in [6, 6.07) is 9.41. The molecule has 1 saturated heterocycles. The summed E-state index contributed by atoms with van der Waals surface area (Å²) < 4.78 is 0. The maximum Gasteiger partial charge on any atom is 0.317 e. The van der Waals surface area contributed by atoms with Gasteiger partial charge < -0.3 is 21.3 Å². The Hall–Kier alpha value is -3.93. The van der Waals surface area contributed by atoms with Crippen LogP contribution in [0.5, 0.6) is 0 Å². The van der Waals surface area contributed by atoms with Crippen LogP contribution in [-0.4, -0.2) is 47.3 Å². The van der Waals surface area contributed by atoms with Gasteiger partial charge in [0.25, 0.3) is 0 Å². The molecule has 1 aromatic carbocycles. The van der Waals surface area contributed by atoms with Crippen LogP contribution in [0.4, 0.5) is 10.7 Å². The van der Waals surface area contributed by atoms with Crippen molar-refractivity contribution in [2.24, 2.45) is 22.1 Å². The summed E-state index contributed by atoms with van der Waals surface area (Å²) in [5, 5.41) is 15.7. The zero-order valence-electron chi connectivity index (χ0n) is 20.2. The number of benzene rings is 1. The van der Waals surface area contributed by atoms with E-state index < -0.39 is 0 Å². The lowest BCUT2D eigenvalue weighted by molar-refractivity contribution is 0.196. The fourth-order valence-corrected chi connectivity index (χ4v) is 3.89. The van der Waals surface area contributed by atoms with Gasteiger partial charge in [0.05, 0.1) is 23.0 Å². The van der Waals surface area contributed by atoms with Crippen LogP contribution in [0.1, 0.15) is 38.3 Å². The zero-order valence-corrected chi connectivity index (χ0v) is 20.2. The van der Waals surface area contributed by atoms with E-state index in [2.05, 4.69) is 52.4 Å². The first-order valence-electron chi connectivity index (χ1n) is 11.3. The number of hydrogen-bond donors (Lipinski definition) is 3. The van der Waals surface area contributed by atoms with Crippen molar-refractivity contribution >= 4 is 18.2 Å². The molecule has 2 amide bonds. The Morgan fingerprint density at radius 3 is 2.82 bits per heavy atom. The van der Waals surface area contributed by atoms with Crippen molar-refractivity contribution in [2.75, 3.05) is 25.5 Å². The predicted molar refractivity (Wildman–Crippen MR) is 134 cm³/mol. The SMILES string of the molecule is CN=CC(=CN)Nc1nccc(-c2ccc(CNC(=O)N3CCC(C(C)(C)C)C3)c(C#N)c2)n1. The number of nitrogens with one attached hydrogen (secondary N) is 2. The molecule has 1 aliphatic rings. The number of allylic oxidation sites excluding steroid dienone is 1. The summed E-state index contributed by atoms with van der Waals surface area (Å²) in [5.41, 5.74) is 9.00. The maximum atomic E-state index is 12.7. The first-order valence-corrected chi connectivity index (χ1v) is 11.3. The summed E-state index contributed by atoms with van der Waals surface area (Å²) in [7, 11) is 1.64. The average molecular weight is 461 g/mol. The van der Waals surface area contributed by atoms with E-state index in [9.17, 15) is 10.1 Å². The van der Waals surface area contributed by atoms with Gasteiger partial charge in [-0.3, -0.25) is 4.99 Å². The van der Waals surface area contributed by atoms with E-state index >= 15 is 0 Å². The number of rotatable bonds is 6. The molecule has 2 heterocycles. The van der Waals surface area contributed by atoms with Crippen LogP contribution in [0.15, 0.2) is 47.4 Å². The van der Waals surface area contributed by atoms with E-state index in [-0.39, 0.29) is 18.0 Å². The highest BCUT2D eigenvalue weighted by molar-refractivity contribution is 5.82. The topological polar surface area (TPSA) is 132 Å². The molecule has 9 heteroatoms. The number of amides is 2. The number of carbonyl (C=O) groups is 1. The van der Waals surface area contributed by atoms with Gasteiger partial charge in [0.1, 0.15) is 0 Å². The number of likely N-dealkylation sites (tertiary alicyclic amines) is 1. The van der Waals surface area contributed by atoms with Crippen LogP contribution in [0.3, 0.4) is 0 Å². The maximum absolute atomic E-state index is 12.7. The molecule has 9 nitrogen and oxygen atoms in total. The number of aromatic nitrogens is 2. The molecule has 0 radical (unpaired) electrons. The number of urea groups is 1. The minimum atomic E-state index is -0.0920.